The summed E-state index contributed by atoms with van der Waals surface area (Å²) in [6.07, 6.45) is -0.511. The fourth-order valence-electron chi connectivity index (χ4n) is 2.02. The molecule has 0 aromatic heterocycles. The summed E-state index contributed by atoms with van der Waals surface area (Å²) >= 11 is 0. The van der Waals surface area contributed by atoms with E-state index >= 15 is 0 Å². The number of aliphatic hydroxyl groups is 1. The van der Waals surface area contributed by atoms with Crippen molar-refractivity contribution < 1.29 is 14.6 Å². The van der Waals surface area contributed by atoms with Crippen molar-refractivity contribution in [3.8, 4) is 11.5 Å². The minimum atomic E-state index is -0.655. The lowest BCUT2D eigenvalue weighted by molar-refractivity contribution is 0.107. The molecule has 2 aromatic rings. The molecule has 0 aliphatic rings. The molecule has 3 nitrogen and oxygen atoms in total. The van der Waals surface area contributed by atoms with Gasteiger partial charge in [0.25, 0.3) is 0 Å². The Bertz CT molecular complexity index is 561. The highest BCUT2D eigenvalue weighted by atomic mass is 16.5. The summed E-state index contributed by atoms with van der Waals surface area (Å²) in [6, 6.07) is 15.2. The van der Waals surface area contributed by atoms with Gasteiger partial charge in [0, 0.05) is 0 Å². The van der Waals surface area contributed by atoms with E-state index in [0.717, 1.165) is 22.6 Å². The third-order valence-corrected chi connectivity index (χ3v) is 3.13. The fraction of sp³-hybridized carbons (Fsp3) is 0.333. The molecule has 3 heteroatoms. The van der Waals surface area contributed by atoms with Crippen LogP contribution in [0.25, 0.3) is 0 Å². The quantitative estimate of drug-likeness (QED) is 0.875. The third kappa shape index (κ3) is 4.50. The molecule has 0 saturated carbocycles. The second-order valence-electron chi connectivity index (χ2n) is 5.33. The highest BCUT2D eigenvalue weighted by Gasteiger charge is 2.09. The Morgan fingerprint density at radius 2 is 1.67 bits per heavy atom. The Balaban J connectivity index is 1.94. The molecule has 0 saturated heterocycles. The molecule has 1 unspecified atom stereocenters. The molecule has 0 fully saturated rings. The van der Waals surface area contributed by atoms with E-state index in [1.165, 1.54) is 0 Å². The Hall–Kier alpha value is -2.00. The van der Waals surface area contributed by atoms with Gasteiger partial charge in [-0.25, -0.2) is 0 Å². The second kappa shape index (κ2) is 7.14. The van der Waals surface area contributed by atoms with E-state index < -0.39 is 6.10 Å². The normalized spacial score (nSPS) is 12.2. The molecule has 21 heavy (non-hydrogen) atoms. The van der Waals surface area contributed by atoms with Crippen molar-refractivity contribution in [1.29, 1.82) is 0 Å². The zero-order valence-corrected chi connectivity index (χ0v) is 12.7. The lowest BCUT2D eigenvalue weighted by atomic mass is 10.1. The smallest absolute Gasteiger partial charge is 0.122 e. The van der Waals surface area contributed by atoms with Crippen LogP contribution in [-0.2, 0) is 0 Å². The predicted molar refractivity (Wildman–Crippen MR) is 83.8 cm³/mol. The van der Waals surface area contributed by atoms with Crippen molar-refractivity contribution in [3.05, 3.63) is 59.7 Å². The lowest BCUT2D eigenvalue weighted by Gasteiger charge is -2.15. The number of hydrogen-bond acceptors (Lipinski definition) is 3. The topological polar surface area (TPSA) is 38.7 Å². The molecule has 112 valence electrons. The summed E-state index contributed by atoms with van der Waals surface area (Å²) in [7, 11) is 0. The Kier molecular flexibility index (Phi) is 5.23. The first-order valence-electron chi connectivity index (χ1n) is 7.19. The van der Waals surface area contributed by atoms with Crippen molar-refractivity contribution in [3.63, 3.8) is 0 Å². The molecule has 0 aliphatic carbocycles. The maximum absolute atomic E-state index is 10.2. The summed E-state index contributed by atoms with van der Waals surface area (Å²) in [6.45, 7) is 6.19. The number of benzene rings is 2. The molecular formula is C18H22O3. The highest BCUT2D eigenvalue weighted by Crippen LogP contribution is 2.21. The van der Waals surface area contributed by atoms with Gasteiger partial charge >= 0.3 is 0 Å². The van der Waals surface area contributed by atoms with Crippen LogP contribution in [0.15, 0.2) is 48.5 Å². The van der Waals surface area contributed by atoms with E-state index in [2.05, 4.69) is 0 Å². The molecular weight excluding hydrogens is 264 g/mol. The number of para-hydroxylation sites is 1. The number of aliphatic hydroxyl groups excluding tert-OH is 1. The van der Waals surface area contributed by atoms with Crippen molar-refractivity contribution >= 4 is 0 Å². The second-order valence-corrected chi connectivity index (χ2v) is 5.33. The molecule has 2 aromatic carbocycles. The molecule has 0 heterocycles. The van der Waals surface area contributed by atoms with Crippen LogP contribution in [-0.4, -0.2) is 17.8 Å². The van der Waals surface area contributed by atoms with Gasteiger partial charge in [0.2, 0.25) is 0 Å². The number of hydrogen-bond donors (Lipinski definition) is 1. The predicted octanol–water partition coefficient (Wildman–Crippen LogP) is 3.89. The van der Waals surface area contributed by atoms with Crippen LogP contribution in [0, 0.1) is 6.92 Å². The SMILES string of the molecule is Cc1ccccc1OCC(O)c1ccc(OC(C)C)cc1. The Morgan fingerprint density at radius 1 is 1.00 bits per heavy atom. The summed E-state index contributed by atoms with van der Waals surface area (Å²) in [4.78, 5) is 0. The molecule has 1 N–H and O–H groups in total. The van der Waals surface area contributed by atoms with Crippen molar-refractivity contribution in [1.82, 2.24) is 0 Å². The maximum atomic E-state index is 10.2. The van der Waals surface area contributed by atoms with Crippen LogP contribution in [0.5, 0.6) is 11.5 Å². The van der Waals surface area contributed by atoms with Gasteiger partial charge in [0.15, 0.2) is 0 Å². The van der Waals surface area contributed by atoms with Crippen LogP contribution in [0.4, 0.5) is 0 Å². The third-order valence-electron chi connectivity index (χ3n) is 3.13. The summed E-state index contributed by atoms with van der Waals surface area (Å²) in [5.41, 5.74) is 1.88. The van der Waals surface area contributed by atoms with Crippen LogP contribution >= 0.6 is 0 Å². The first kappa shape index (κ1) is 15.4. The van der Waals surface area contributed by atoms with Crippen molar-refractivity contribution in [2.75, 3.05) is 6.61 Å². The number of ether oxygens (including phenoxy) is 2. The monoisotopic (exact) mass is 286 g/mol. The molecule has 2 rings (SSSR count). The van der Waals surface area contributed by atoms with E-state index in [4.69, 9.17) is 9.47 Å². The zero-order chi connectivity index (χ0) is 15.2. The van der Waals surface area contributed by atoms with Crippen LogP contribution in [0.1, 0.15) is 31.1 Å². The van der Waals surface area contributed by atoms with E-state index in [0.29, 0.717) is 0 Å². The van der Waals surface area contributed by atoms with Crippen molar-refractivity contribution in [2.24, 2.45) is 0 Å². The fourth-order valence-corrected chi connectivity index (χ4v) is 2.02. The van der Waals surface area contributed by atoms with Gasteiger partial charge in [0.05, 0.1) is 6.10 Å². The first-order valence-corrected chi connectivity index (χ1v) is 7.19. The van der Waals surface area contributed by atoms with Crippen LogP contribution in [0.2, 0.25) is 0 Å². The molecule has 0 aliphatic heterocycles. The highest BCUT2D eigenvalue weighted by molar-refractivity contribution is 5.32. The van der Waals surface area contributed by atoms with Gasteiger partial charge in [-0.05, 0) is 50.1 Å². The van der Waals surface area contributed by atoms with E-state index in [-0.39, 0.29) is 12.7 Å². The minimum absolute atomic E-state index is 0.144. The largest absolute Gasteiger partial charge is 0.491 e. The number of aryl methyl sites for hydroxylation is 1. The lowest BCUT2D eigenvalue weighted by Crippen LogP contribution is -2.10. The molecule has 0 amide bonds. The first-order chi connectivity index (χ1) is 10.1. The average Bonchev–Trinajstić information content (AvgIpc) is 2.46. The van der Waals surface area contributed by atoms with Gasteiger partial charge in [-0.1, -0.05) is 30.3 Å². The Morgan fingerprint density at radius 3 is 2.29 bits per heavy atom. The standard InChI is InChI=1S/C18H22O3/c1-13(2)21-16-10-8-15(9-11-16)17(19)12-20-18-7-5-4-6-14(18)3/h4-11,13,17,19H,12H2,1-3H3. The molecule has 0 spiro atoms. The van der Waals surface area contributed by atoms with Gasteiger partial charge in [-0.15, -0.1) is 0 Å². The van der Waals surface area contributed by atoms with Gasteiger partial charge in [-0.3, -0.25) is 0 Å². The van der Waals surface area contributed by atoms with E-state index in [1.54, 1.807) is 0 Å². The molecule has 0 bridgehead atoms. The van der Waals surface area contributed by atoms with Crippen LogP contribution < -0.4 is 9.47 Å². The van der Waals surface area contributed by atoms with Gasteiger partial charge < -0.3 is 14.6 Å². The number of rotatable bonds is 6. The average molecular weight is 286 g/mol. The summed E-state index contributed by atoms with van der Waals surface area (Å²) in [5.74, 6) is 1.61. The molecule has 0 radical (unpaired) electrons. The van der Waals surface area contributed by atoms with E-state index in [1.807, 2.05) is 69.3 Å². The van der Waals surface area contributed by atoms with E-state index in [9.17, 15) is 5.11 Å². The van der Waals surface area contributed by atoms with Gasteiger partial charge in [-0.2, -0.15) is 0 Å². The van der Waals surface area contributed by atoms with Crippen LogP contribution in [0.3, 0.4) is 0 Å². The zero-order valence-electron chi connectivity index (χ0n) is 12.7. The molecule has 1 atom stereocenters. The summed E-state index contributed by atoms with van der Waals surface area (Å²) < 4.78 is 11.2. The van der Waals surface area contributed by atoms with Gasteiger partial charge in [0.1, 0.15) is 24.2 Å². The maximum Gasteiger partial charge on any atom is 0.122 e. The van der Waals surface area contributed by atoms with Crippen molar-refractivity contribution in [2.45, 2.75) is 33.0 Å². The minimum Gasteiger partial charge on any atom is -0.491 e. The summed E-state index contributed by atoms with van der Waals surface area (Å²) in [5, 5.41) is 10.2. The Labute approximate surface area is 126 Å².